The van der Waals surface area contributed by atoms with Crippen molar-refractivity contribution in [3.63, 3.8) is 0 Å². The van der Waals surface area contributed by atoms with Crippen LogP contribution in [0, 0.1) is 6.92 Å². The number of carbonyl (C=O) groups excluding carboxylic acids is 1. The van der Waals surface area contributed by atoms with Gasteiger partial charge in [0.15, 0.2) is 0 Å². The molecule has 2 aromatic carbocycles. The molecule has 0 heterocycles. The second-order valence-electron chi connectivity index (χ2n) is 4.79. The van der Waals surface area contributed by atoms with E-state index in [0.29, 0.717) is 17.7 Å². The lowest BCUT2D eigenvalue weighted by atomic mass is 10.1. The topological polar surface area (TPSA) is 40.5 Å². The van der Waals surface area contributed by atoms with Gasteiger partial charge in [0.2, 0.25) is 0 Å². The quantitative estimate of drug-likeness (QED) is 0.929. The zero-order valence-corrected chi connectivity index (χ0v) is 13.0. The Kier molecular flexibility index (Phi) is 4.45. The third-order valence-corrected chi connectivity index (χ3v) is 3.59. The number of amides is 1. The summed E-state index contributed by atoms with van der Waals surface area (Å²) in [6.07, 6.45) is 0. The fourth-order valence-electron chi connectivity index (χ4n) is 1.99. The molecule has 2 aromatic rings. The second kappa shape index (κ2) is 6.09. The summed E-state index contributed by atoms with van der Waals surface area (Å²) in [7, 11) is 1.77. The van der Waals surface area contributed by atoms with E-state index in [-0.39, 0.29) is 11.7 Å². The Morgan fingerprint density at radius 1 is 1.25 bits per heavy atom. The van der Waals surface area contributed by atoms with Crippen LogP contribution < -0.4 is 0 Å². The Hall–Kier alpha value is -1.81. The highest BCUT2D eigenvalue weighted by atomic mass is 79.9. The summed E-state index contributed by atoms with van der Waals surface area (Å²) in [5.41, 5.74) is 2.34. The molecule has 1 amide bonds. The monoisotopic (exact) mass is 333 g/mol. The first-order valence-electron chi connectivity index (χ1n) is 6.27. The number of aromatic hydroxyl groups is 1. The SMILES string of the molecule is Cc1cc(C(=O)N(C)Cc2cccc(Br)c2)ccc1O. The molecule has 0 aromatic heterocycles. The predicted molar refractivity (Wildman–Crippen MR) is 82.8 cm³/mol. The number of aryl methyl sites for hydroxylation is 1. The number of hydrogen-bond donors (Lipinski definition) is 1. The van der Waals surface area contributed by atoms with E-state index in [1.165, 1.54) is 0 Å². The van der Waals surface area contributed by atoms with E-state index in [0.717, 1.165) is 10.0 Å². The van der Waals surface area contributed by atoms with Gasteiger partial charge >= 0.3 is 0 Å². The van der Waals surface area contributed by atoms with Crippen molar-refractivity contribution in [2.45, 2.75) is 13.5 Å². The van der Waals surface area contributed by atoms with Gasteiger partial charge in [0.05, 0.1) is 0 Å². The minimum absolute atomic E-state index is 0.0620. The second-order valence-corrected chi connectivity index (χ2v) is 5.71. The molecule has 0 aliphatic heterocycles. The van der Waals surface area contributed by atoms with Crippen molar-refractivity contribution in [1.82, 2.24) is 4.90 Å². The van der Waals surface area contributed by atoms with Crippen molar-refractivity contribution in [3.05, 3.63) is 63.6 Å². The highest BCUT2D eigenvalue weighted by Crippen LogP contribution is 2.19. The van der Waals surface area contributed by atoms with Crippen LogP contribution in [-0.4, -0.2) is 23.0 Å². The van der Waals surface area contributed by atoms with E-state index >= 15 is 0 Å². The number of phenols is 1. The zero-order valence-electron chi connectivity index (χ0n) is 11.4. The van der Waals surface area contributed by atoms with Crippen molar-refractivity contribution in [2.24, 2.45) is 0 Å². The van der Waals surface area contributed by atoms with Crippen molar-refractivity contribution < 1.29 is 9.90 Å². The highest BCUT2D eigenvalue weighted by Gasteiger charge is 2.13. The van der Waals surface area contributed by atoms with Crippen LogP contribution in [0.15, 0.2) is 46.9 Å². The molecule has 0 fully saturated rings. The van der Waals surface area contributed by atoms with Gasteiger partial charge in [-0.05, 0) is 48.4 Å². The first-order chi connectivity index (χ1) is 9.47. The number of nitrogens with zero attached hydrogens (tertiary/aromatic N) is 1. The smallest absolute Gasteiger partial charge is 0.253 e. The first kappa shape index (κ1) is 14.6. The fourth-order valence-corrected chi connectivity index (χ4v) is 2.44. The average Bonchev–Trinajstić information content (AvgIpc) is 2.41. The van der Waals surface area contributed by atoms with E-state index in [1.807, 2.05) is 24.3 Å². The molecule has 1 N–H and O–H groups in total. The van der Waals surface area contributed by atoms with Crippen LogP contribution in [0.1, 0.15) is 21.5 Å². The molecule has 0 spiro atoms. The van der Waals surface area contributed by atoms with E-state index in [2.05, 4.69) is 15.9 Å². The summed E-state index contributed by atoms with van der Waals surface area (Å²) in [4.78, 5) is 14.0. The lowest BCUT2D eigenvalue weighted by Gasteiger charge is -2.18. The molecular formula is C16H16BrNO2. The highest BCUT2D eigenvalue weighted by molar-refractivity contribution is 9.10. The molecule has 0 saturated carbocycles. The van der Waals surface area contributed by atoms with Gasteiger partial charge in [-0.15, -0.1) is 0 Å². The van der Waals surface area contributed by atoms with Crippen molar-refractivity contribution >= 4 is 21.8 Å². The maximum absolute atomic E-state index is 12.3. The van der Waals surface area contributed by atoms with E-state index in [4.69, 9.17) is 0 Å². The van der Waals surface area contributed by atoms with Crippen LogP contribution in [0.3, 0.4) is 0 Å². The molecule has 4 heteroatoms. The third-order valence-electron chi connectivity index (χ3n) is 3.10. The normalized spacial score (nSPS) is 10.3. The van der Waals surface area contributed by atoms with Crippen molar-refractivity contribution in [2.75, 3.05) is 7.05 Å². The molecule has 0 atom stereocenters. The Labute approximate surface area is 127 Å². The van der Waals surface area contributed by atoms with Gasteiger partial charge in [0.25, 0.3) is 5.91 Å². The van der Waals surface area contributed by atoms with Gasteiger partial charge in [-0.2, -0.15) is 0 Å². The summed E-state index contributed by atoms with van der Waals surface area (Å²) in [5, 5.41) is 9.50. The van der Waals surface area contributed by atoms with Gasteiger partial charge in [-0.3, -0.25) is 4.79 Å². The van der Waals surface area contributed by atoms with Gasteiger partial charge in [0.1, 0.15) is 5.75 Å². The Morgan fingerprint density at radius 3 is 2.65 bits per heavy atom. The summed E-state index contributed by atoms with van der Waals surface area (Å²) in [6, 6.07) is 12.8. The molecule has 0 saturated heterocycles. The van der Waals surface area contributed by atoms with Crippen molar-refractivity contribution in [1.29, 1.82) is 0 Å². The standard InChI is InChI=1S/C16H16BrNO2/c1-11-8-13(6-7-15(11)19)16(20)18(2)10-12-4-3-5-14(17)9-12/h3-9,19H,10H2,1-2H3. The summed E-state index contributed by atoms with van der Waals surface area (Å²) >= 11 is 3.42. The molecule has 104 valence electrons. The molecule has 0 bridgehead atoms. The van der Waals surface area contributed by atoms with E-state index < -0.39 is 0 Å². The van der Waals surface area contributed by atoms with Crippen molar-refractivity contribution in [3.8, 4) is 5.75 Å². The maximum Gasteiger partial charge on any atom is 0.253 e. The van der Waals surface area contributed by atoms with Gasteiger partial charge in [-0.1, -0.05) is 28.1 Å². The van der Waals surface area contributed by atoms with Crippen LogP contribution in [0.5, 0.6) is 5.75 Å². The number of halogens is 1. The maximum atomic E-state index is 12.3. The molecule has 0 radical (unpaired) electrons. The van der Waals surface area contributed by atoms with E-state index in [1.54, 1.807) is 37.1 Å². The van der Waals surface area contributed by atoms with E-state index in [9.17, 15) is 9.90 Å². The molecular weight excluding hydrogens is 318 g/mol. The van der Waals surface area contributed by atoms with Crippen LogP contribution in [0.2, 0.25) is 0 Å². The Morgan fingerprint density at radius 2 is 2.00 bits per heavy atom. The summed E-state index contributed by atoms with van der Waals surface area (Å²) < 4.78 is 0.997. The lowest BCUT2D eigenvalue weighted by molar-refractivity contribution is 0.0785. The Balaban J connectivity index is 2.14. The third kappa shape index (κ3) is 3.39. The molecule has 0 aliphatic carbocycles. The molecule has 0 unspecified atom stereocenters. The molecule has 0 aliphatic rings. The molecule has 20 heavy (non-hydrogen) atoms. The Bertz CT molecular complexity index is 640. The van der Waals surface area contributed by atoms with Gasteiger partial charge < -0.3 is 10.0 Å². The molecule has 2 rings (SSSR count). The lowest BCUT2D eigenvalue weighted by Crippen LogP contribution is -2.26. The number of benzene rings is 2. The minimum Gasteiger partial charge on any atom is -0.508 e. The number of carbonyl (C=O) groups is 1. The summed E-state index contributed by atoms with van der Waals surface area (Å²) in [5.74, 6) is 0.143. The van der Waals surface area contributed by atoms with Crippen LogP contribution >= 0.6 is 15.9 Å². The molecule has 3 nitrogen and oxygen atoms in total. The predicted octanol–water partition coefficient (Wildman–Crippen LogP) is 3.74. The largest absolute Gasteiger partial charge is 0.508 e. The average molecular weight is 334 g/mol. The fraction of sp³-hybridized carbons (Fsp3) is 0.188. The zero-order chi connectivity index (χ0) is 14.7. The van der Waals surface area contributed by atoms with Gasteiger partial charge in [0, 0.05) is 23.6 Å². The minimum atomic E-state index is -0.0620. The number of rotatable bonds is 3. The first-order valence-corrected chi connectivity index (χ1v) is 7.06. The van der Waals surface area contributed by atoms with Crippen LogP contribution in [0.25, 0.3) is 0 Å². The number of hydrogen-bond acceptors (Lipinski definition) is 2. The van der Waals surface area contributed by atoms with Gasteiger partial charge in [-0.25, -0.2) is 0 Å². The van der Waals surface area contributed by atoms with Crippen LogP contribution in [0.4, 0.5) is 0 Å². The number of phenolic OH excluding ortho intramolecular Hbond substituents is 1. The summed E-state index contributed by atoms with van der Waals surface area (Å²) in [6.45, 7) is 2.32. The van der Waals surface area contributed by atoms with Crippen LogP contribution in [-0.2, 0) is 6.54 Å².